The van der Waals surface area contributed by atoms with E-state index in [0.717, 1.165) is 5.56 Å². The molecule has 0 aliphatic carbocycles. The molecule has 0 saturated carbocycles. The first-order valence-electron chi connectivity index (χ1n) is 6.93. The quantitative estimate of drug-likeness (QED) is 0.905. The molecule has 0 radical (unpaired) electrons. The van der Waals surface area contributed by atoms with Gasteiger partial charge in [-0.25, -0.2) is 0 Å². The van der Waals surface area contributed by atoms with Crippen LogP contribution in [0.3, 0.4) is 0 Å². The molecule has 0 spiro atoms. The first-order chi connectivity index (χ1) is 9.91. The number of carbonyl (C=O) groups is 1. The summed E-state index contributed by atoms with van der Waals surface area (Å²) in [6.07, 6.45) is 3.26. The minimum Gasteiger partial charge on any atom is -0.394 e. The lowest BCUT2D eigenvalue weighted by atomic mass is 10.1. The summed E-state index contributed by atoms with van der Waals surface area (Å²) in [6.45, 7) is 5.90. The van der Waals surface area contributed by atoms with Gasteiger partial charge in [0.2, 0.25) is 0 Å². The first-order valence-corrected chi connectivity index (χ1v) is 6.93. The SMILES string of the molecule is CC(C)(C)n1cc(C(=O)NC(CO)c2ccccc2)cn1. The number of aliphatic hydroxyl groups is 1. The number of rotatable bonds is 4. The van der Waals surface area contributed by atoms with Crippen molar-refractivity contribution in [2.45, 2.75) is 32.4 Å². The van der Waals surface area contributed by atoms with Gasteiger partial charge in [0.25, 0.3) is 5.91 Å². The van der Waals surface area contributed by atoms with Crippen molar-refractivity contribution in [3.05, 3.63) is 53.9 Å². The molecule has 2 rings (SSSR count). The first kappa shape index (κ1) is 15.3. The van der Waals surface area contributed by atoms with Gasteiger partial charge in [-0.1, -0.05) is 30.3 Å². The third-order valence-corrected chi connectivity index (χ3v) is 3.22. The Kier molecular flexibility index (Phi) is 4.43. The molecular weight excluding hydrogens is 266 g/mol. The van der Waals surface area contributed by atoms with E-state index in [-0.39, 0.29) is 18.1 Å². The fraction of sp³-hybridized carbons (Fsp3) is 0.375. The normalized spacial score (nSPS) is 13.0. The number of aromatic nitrogens is 2. The molecule has 1 heterocycles. The van der Waals surface area contributed by atoms with Crippen LogP contribution in [0.2, 0.25) is 0 Å². The van der Waals surface area contributed by atoms with Crippen LogP contribution in [-0.4, -0.2) is 27.4 Å². The van der Waals surface area contributed by atoms with E-state index in [9.17, 15) is 9.90 Å². The predicted molar refractivity (Wildman–Crippen MR) is 81.0 cm³/mol. The highest BCUT2D eigenvalue weighted by atomic mass is 16.3. The van der Waals surface area contributed by atoms with E-state index in [2.05, 4.69) is 10.4 Å². The Balaban J connectivity index is 2.12. The van der Waals surface area contributed by atoms with Crippen molar-refractivity contribution in [3.63, 3.8) is 0 Å². The standard InChI is InChI=1S/C16H21N3O2/c1-16(2,3)19-10-13(9-17-19)15(21)18-14(11-20)12-7-5-4-6-8-12/h4-10,14,20H,11H2,1-3H3,(H,18,21). The second-order valence-corrected chi connectivity index (χ2v) is 5.96. The van der Waals surface area contributed by atoms with Crippen LogP contribution >= 0.6 is 0 Å². The number of benzene rings is 1. The number of hydrogen-bond donors (Lipinski definition) is 2. The number of amides is 1. The highest BCUT2D eigenvalue weighted by Crippen LogP contribution is 2.15. The molecule has 0 aliphatic heterocycles. The van der Waals surface area contributed by atoms with Crippen molar-refractivity contribution < 1.29 is 9.90 Å². The Morgan fingerprint density at radius 3 is 2.52 bits per heavy atom. The fourth-order valence-corrected chi connectivity index (χ4v) is 1.97. The van der Waals surface area contributed by atoms with E-state index in [1.165, 1.54) is 0 Å². The van der Waals surface area contributed by atoms with Crippen molar-refractivity contribution in [1.82, 2.24) is 15.1 Å². The summed E-state index contributed by atoms with van der Waals surface area (Å²) in [5.74, 6) is -0.242. The molecule has 112 valence electrons. The maximum absolute atomic E-state index is 12.3. The van der Waals surface area contributed by atoms with Gasteiger partial charge in [0, 0.05) is 6.20 Å². The summed E-state index contributed by atoms with van der Waals surface area (Å²) in [5, 5.41) is 16.5. The fourth-order valence-electron chi connectivity index (χ4n) is 1.97. The minimum atomic E-state index is -0.420. The number of carbonyl (C=O) groups excluding carboxylic acids is 1. The number of aliphatic hydroxyl groups excluding tert-OH is 1. The molecule has 2 N–H and O–H groups in total. The summed E-state index contributed by atoms with van der Waals surface area (Å²) in [4.78, 5) is 12.3. The van der Waals surface area contributed by atoms with Crippen LogP contribution in [0.4, 0.5) is 0 Å². The van der Waals surface area contributed by atoms with Gasteiger partial charge in [0.1, 0.15) is 0 Å². The Labute approximate surface area is 124 Å². The van der Waals surface area contributed by atoms with Gasteiger partial charge in [-0.05, 0) is 26.3 Å². The zero-order valence-corrected chi connectivity index (χ0v) is 12.6. The molecule has 1 unspecified atom stereocenters. The highest BCUT2D eigenvalue weighted by Gasteiger charge is 2.19. The van der Waals surface area contributed by atoms with Crippen molar-refractivity contribution in [2.75, 3.05) is 6.61 Å². The maximum atomic E-state index is 12.3. The Morgan fingerprint density at radius 1 is 1.33 bits per heavy atom. The van der Waals surface area contributed by atoms with E-state index in [1.807, 2.05) is 51.1 Å². The van der Waals surface area contributed by atoms with Crippen LogP contribution in [0.5, 0.6) is 0 Å². The molecule has 5 nitrogen and oxygen atoms in total. The largest absolute Gasteiger partial charge is 0.394 e. The molecule has 21 heavy (non-hydrogen) atoms. The molecule has 0 bridgehead atoms. The average molecular weight is 287 g/mol. The van der Waals surface area contributed by atoms with Gasteiger partial charge in [-0.3, -0.25) is 9.48 Å². The number of nitrogens with one attached hydrogen (secondary N) is 1. The molecule has 5 heteroatoms. The van der Waals surface area contributed by atoms with Crippen molar-refractivity contribution in [3.8, 4) is 0 Å². The maximum Gasteiger partial charge on any atom is 0.255 e. The molecule has 1 atom stereocenters. The zero-order valence-electron chi connectivity index (χ0n) is 12.6. The topological polar surface area (TPSA) is 67.2 Å². The minimum absolute atomic E-state index is 0.150. The van der Waals surface area contributed by atoms with Crippen LogP contribution in [-0.2, 0) is 5.54 Å². The zero-order chi connectivity index (χ0) is 15.5. The molecule has 1 aromatic heterocycles. The lowest BCUT2D eigenvalue weighted by Gasteiger charge is -2.19. The van der Waals surface area contributed by atoms with E-state index in [1.54, 1.807) is 17.1 Å². The van der Waals surface area contributed by atoms with Gasteiger partial charge in [-0.2, -0.15) is 5.10 Å². The lowest BCUT2D eigenvalue weighted by Crippen LogP contribution is -2.30. The smallest absolute Gasteiger partial charge is 0.255 e. The van der Waals surface area contributed by atoms with E-state index >= 15 is 0 Å². The Hall–Kier alpha value is -2.14. The molecule has 1 aromatic carbocycles. The molecular formula is C16H21N3O2. The van der Waals surface area contributed by atoms with Gasteiger partial charge in [-0.15, -0.1) is 0 Å². The van der Waals surface area contributed by atoms with Gasteiger partial charge < -0.3 is 10.4 Å². The van der Waals surface area contributed by atoms with Gasteiger partial charge >= 0.3 is 0 Å². The molecule has 0 fully saturated rings. The second kappa shape index (κ2) is 6.10. The Morgan fingerprint density at radius 2 is 2.00 bits per heavy atom. The third-order valence-electron chi connectivity index (χ3n) is 3.22. The summed E-state index contributed by atoms with van der Waals surface area (Å²) >= 11 is 0. The Bertz CT molecular complexity index is 599. The molecule has 0 saturated heterocycles. The highest BCUT2D eigenvalue weighted by molar-refractivity contribution is 5.94. The van der Waals surface area contributed by atoms with Crippen LogP contribution in [0.1, 0.15) is 42.7 Å². The summed E-state index contributed by atoms with van der Waals surface area (Å²) < 4.78 is 1.75. The van der Waals surface area contributed by atoms with Crippen LogP contribution in [0.25, 0.3) is 0 Å². The van der Waals surface area contributed by atoms with Crippen LogP contribution in [0, 0.1) is 0 Å². The summed E-state index contributed by atoms with van der Waals surface area (Å²) in [6, 6.07) is 8.98. The number of hydrogen-bond acceptors (Lipinski definition) is 3. The van der Waals surface area contributed by atoms with Crippen molar-refractivity contribution in [1.29, 1.82) is 0 Å². The van der Waals surface area contributed by atoms with Gasteiger partial charge in [0.15, 0.2) is 0 Å². The monoisotopic (exact) mass is 287 g/mol. The molecule has 1 amide bonds. The van der Waals surface area contributed by atoms with Crippen LogP contribution < -0.4 is 5.32 Å². The van der Waals surface area contributed by atoms with E-state index < -0.39 is 6.04 Å². The van der Waals surface area contributed by atoms with E-state index in [4.69, 9.17) is 0 Å². The average Bonchev–Trinajstić information content (AvgIpc) is 2.95. The second-order valence-electron chi connectivity index (χ2n) is 5.96. The molecule has 0 aliphatic rings. The van der Waals surface area contributed by atoms with Crippen LogP contribution in [0.15, 0.2) is 42.7 Å². The summed E-state index contributed by atoms with van der Waals surface area (Å²) in [7, 11) is 0. The molecule has 2 aromatic rings. The third kappa shape index (κ3) is 3.70. The van der Waals surface area contributed by atoms with E-state index in [0.29, 0.717) is 5.56 Å². The number of nitrogens with zero attached hydrogens (tertiary/aromatic N) is 2. The van der Waals surface area contributed by atoms with Crippen molar-refractivity contribution >= 4 is 5.91 Å². The predicted octanol–water partition coefficient (Wildman–Crippen LogP) is 2.10. The summed E-state index contributed by atoms with van der Waals surface area (Å²) in [5.41, 5.74) is 1.19. The van der Waals surface area contributed by atoms with Crippen molar-refractivity contribution in [2.24, 2.45) is 0 Å². The lowest BCUT2D eigenvalue weighted by molar-refractivity contribution is 0.0916. The van der Waals surface area contributed by atoms with Gasteiger partial charge in [0.05, 0.1) is 29.9 Å².